The minimum absolute atomic E-state index is 0.0629. The summed E-state index contributed by atoms with van der Waals surface area (Å²) >= 11 is 3.40. The summed E-state index contributed by atoms with van der Waals surface area (Å²) in [4.78, 5) is 12.7. The monoisotopic (exact) mass is 332 g/mol. The lowest BCUT2D eigenvalue weighted by atomic mass is 9.99. The molecule has 4 rings (SSSR count). The molecule has 0 spiro atoms. The van der Waals surface area contributed by atoms with Crippen molar-refractivity contribution in [3.8, 4) is 17.2 Å². The van der Waals surface area contributed by atoms with Gasteiger partial charge >= 0.3 is 0 Å². The normalized spacial score (nSPS) is 15.2. The molecule has 100 valence electrons. The highest BCUT2D eigenvalue weighted by Crippen LogP contribution is 2.40. The highest BCUT2D eigenvalue weighted by molar-refractivity contribution is 9.10. The molecular weight excluding hydrogens is 324 g/mol. The van der Waals surface area contributed by atoms with Crippen molar-refractivity contribution in [1.29, 1.82) is 0 Å². The van der Waals surface area contributed by atoms with E-state index in [1.807, 2.05) is 18.2 Å². The van der Waals surface area contributed by atoms with Crippen molar-refractivity contribution in [2.24, 2.45) is 0 Å². The zero-order chi connectivity index (χ0) is 13.7. The summed E-state index contributed by atoms with van der Waals surface area (Å²) in [6.07, 6.45) is 0. The number of carbonyl (C=O) groups is 1. The molecule has 0 aliphatic carbocycles. The lowest BCUT2D eigenvalue weighted by Gasteiger charge is -2.07. The van der Waals surface area contributed by atoms with Gasteiger partial charge < -0.3 is 14.2 Å². The fourth-order valence-corrected chi connectivity index (χ4v) is 2.77. The van der Waals surface area contributed by atoms with Gasteiger partial charge in [0.25, 0.3) is 0 Å². The summed E-state index contributed by atoms with van der Waals surface area (Å²) in [7, 11) is 0. The summed E-state index contributed by atoms with van der Waals surface area (Å²) in [6, 6.07) is 9.02. The zero-order valence-corrected chi connectivity index (χ0v) is 11.9. The first kappa shape index (κ1) is 11.8. The Morgan fingerprint density at radius 1 is 0.900 bits per heavy atom. The molecule has 0 aromatic heterocycles. The number of benzene rings is 2. The average Bonchev–Trinajstić information content (AvgIpc) is 2.86. The molecule has 4 nitrogen and oxygen atoms in total. The van der Waals surface area contributed by atoms with Gasteiger partial charge in [-0.15, -0.1) is 0 Å². The van der Waals surface area contributed by atoms with Gasteiger partial charge in [-0.05, 0) is 18.2 Å². The van der Waals surface area contributed by atoms with E-state index < -0.39 is 0 Å². The maximum atomic E-state index is 12.7. The summed E-state index contributed by atoms with van der Waals surface area (Å²) < 4.78 is 17.2. The smallest absolute Gasteiger partial charge is 0.231 e. The van der Waals surface area contributed by atoms with Crippen LogP contribution < -0.4 is 14.2 Å². The minimum Gasteiger partial charge on any atom is -0.488 e. The Labute approximate surface area is 123 Å². The highest BCUT2D eigenvalue weighted by atomic mass is 79.9. The summed E-state index contributed by atoms with van der Waals surface area (Å²) in [5.74, 6) is 1.67. The Morgan fingerprint density at radius 3 is 2.55 bits per heavy atom. The number of carbonyl (C=O) groups excluding carboxylic acids is 1. The predicted octanol–water partition coefficient (Wildman–Crippen LogP) is 3.30. The summed E-state index contributed by atoms with van der Waals surface area (Å²) in [5, 5.41) is 0. The van der Waals surface area contributed by atoms with Gasteiger partial charge in [0.2, 0.25) is 6.79 Å². The molecule has 0 saturated carbocycles. The van der Waals surface area contributed by atoms with Crippen molar-refractivity contribution in [3.05, 3.63) is 51.5 Å². The standard InChI is InChI=1S/C15H9BrO4/c16-9-2-1-8-6-18-12-5-14-13(19-7-20-14)4-11(12)15(17)10(8)3-9/h1-5H,6-7H2. The zero-order valence-electron chi connectivity index (χ0n) is 10.3. The molecule has 0 unspecified atom stereocenters. The molecule has 2 aliphatic heterocycles. The molecule has 0 amide bonds. The Hall–Kier alpha value is -2.01. The van der Waals surface area contributed by atoms with E-state index in [0.29, 0.717) is 35.0 Å². The van der Waals surface area contributed by atoms with Crippen molar-refractivity contribution in [3.63, 3.8) is 0 Å². The average molecular weight is 333 g/mol. The third-order valence-electron chi connectivity index (χ3n) is 3.42. The van der Waals surface area contributed by atoms with E-state index in [2.05, 4.69) is 15.9 Å². The van der Waals surface area contributed by atoms with Crippen LogP contribution in [0.25, 0.3) is 0 Å². The molecule has 0 N–H and O–H groups in total. The third kappa shape index (κ3) is 1.70. The van der Waals surface area contributed by atoms with Gasteiger partial charge in [-0.1, -0.05) is 22.0 Å². The van der Waals surface area contributed by atoms with Gasteiger partial charge in [-0.3, -0.25) is 4.79 Å². The van der Waals surface area contributed by atoms with Crippen LogP contribution in [0.5, 0.6) is 17.2 Å². The molecule has 0 bridgehead atoms. The largest absolute Gasteiger partial charge is 0.488 e. The molecular formula is C15H9BrO4. The third-order valence-corrected chi connectivity index (χ3v) is 3.91. The summed E-state index contributed by atoms with van der Waals surface area (Å²) in [6.45, 7) is 0.537. The van der Waals surface area contributed by atoms with Crippen molar-refractivity contribution < 1.29 is 19.0 Å². The van der Waals surface area contributed by atoms with E-state index in [1.165, 1.54) is 0 Å². The topological polar surface area (TPSA) is 44.8 Å². The van der Waals surface area contributed by atoms with Gasteiger partial charge in [-0.2, -0.15) is 0 Å². The number of rotatable bonds is 0. The number of ether oxygens (including phenoxy) is 3. The van der Waals surface area contributed by atoms with Crippen molar-refractivity contribution in [2.45, 2.75) is 6.61 Å². The Kier molecular flexibility index (Phi) is 2.50. The molecule has 0 saturated heterocycles. The maximum absolute atomic E-state index is 12.7. The molecule has 0 fully saturated rings. The maximum Gasteiger partial charge on any atom is 0.231 e. The first-order valence-electron chi connectivity index (χ1n) is 6.12. The number of ketones is 1. The van der Waals surface area contributed by atoms with Gasteiger partial charge in [0.1, 0.15) is 12.4 Å². The first-order chi connectivity index (χ1) is 9.72. The van der Waals surface area contributed by atoms with Gasteiger partial charge in [0, 0.05) is 21.7 Å². The first-order valence-corrected chi connectivity index (χ1v) is 6.91. The molecule has 0 atom stereocenters. The molecule has 2 aromatic rings. The number of halogens is 1. The van der Waals surface area contributed by atoms with Crippen LogP contribution in [0.1, 0.15) is 21.5 Å². The van der Waals surface area contributed by atoms with E-state index in [4.69, 9.17) is 14.2 Å². The Morgan fingerprint density at radius 2 is 1.70 bits per heavy atom. The number of hydrogen-bond donors (Lipinski definition) is 0. The second kappa shape index (κ2) is 4.24. The van der Waals surface area contributed by atoms with E-state index >= 15 is 0 Å². The van der Waals surface area contributed by atoms with Crippen LogP contribution >= 0.6 is 15.9 Å². The van der Waals surface area contributed by atoms with Crippen molar-refractivity contribution in [2.75, 3.05) is 6.79 Å². The minimum atomic E-state index is -0.0629. The number of hydrogen-bond acceptors (Lipinski definition) is 4. The fraction of sp³-hybridized carbons (Fsp3) is 0.133. The molecule has 2 heterocycles. The second-order valence-electron chi connectivity index (χ2n) is 4.62. The van der Waals surface area contributed by atoms with Crippen LogP contribution in [0.3, 0.4) is 0 Å². The number of fused-ring (bicyclic) bond motifs is 3. The van der Waals surface area contributed by atoms with E-state index in [9.17, 15) is 4.79 Å². The summed E-state index contributed by atoms with van der Waals surface area (Å²) in [5.41, 5.74) is 2.03. The van der Waals surface area contributed by atoms with Crippen LogP contribution in [0.15, 0.2) is 34.8 Å². The lowest BCUT2D eigenvalue weighted by Crippen LogP contribution is -2.03. The van der Waals surface area contributed by atoms with Crippen molar-refractivity contribution in [1.82, 2.24) is 0 Å². The van der Waals surface area contributed by atoms with Gasteiger partial charge in [-0.25, -0.2) is 0 Å². The van der Waals surface area contributed by atoms with Gasteiger partial charge in [0.05, 0.1) is 5.56 Å². The van der Waals surface area contributed by atoms with Crippen LogP contribution in [0.4, 0.5) is 0 Å². The Balaban J connectivity index is 1.91. The SMILES string of the molecule is O=C1c2cc(Br)ccc2COc2cc3c(cc21)OCO3. The molecule has 5 heteroatoms. The van der Waals surface area contributed by atoms with Crippen LogP contribution in [-0.4, -0.2) is 12.6 Å². The quantitative estimate of drug-likeness (QED) is 0.742. The van der Waals surface area contributed by atoms with Crippen molar-refractivity contribution >= 4 is 21.7 Å². The predicted molar refractivity (Wildman–Crippen MR) is 74.5 cm³/mol. The lowest BCUT2D eigenvalue weighted by molar-refractivity contribution is 0.103. The molecule has 2 aliphatic rings. The highest BCUT2D eigenvalue weighted by Gasteiger charge is 2.26. The molecule has 20 heavy (non-hydrogen) atoms. The molecule has 2 aromatic carbocycles. The van der Waals surface area contributed by atoms with Crippen LogP contribution in [0.2, 0.25) is 0 Å². The van der Waals surface area contributed by atoms with E-state index in [1.54, 1.807) is 12.1 Å². The second-order valence-corrected chi connectivity index (χ2v) is 5.54. The Bertz CT molecular complexity index is 739. The van der Waals surface area contributed by atoms with Gasteiger partial charge in [0.15, 0.2) is 17.3 Å². The van der Waals surface area contributed by atoms with Crippen LogP contribution in [-0.2, 0) is 6.61 Å². The van der Waals surface area contributed by atoms with Crippen LogP contribution in [0, 0.1) is 0 Å². The van der Waals surface area contributed by atoms with E-state index in [-0.39, 0.29) is 12.6 Å². The molecule has 0 radical (unpaired) electrons. The fourth-order valence-electron chi connectivity index (χ4n) is 2.41. The van der Waals surface area contributed by atoms with E-state index in [0.717, 1.165) is 10.0 Å².